The number of hydrogen-bond donors (Lipinski definition) is 5. The molecular formula is C16H13BrN4O6. The summed E-state index contributed by atoms with van der Waals surface area (Å²) in [6.07, 6.45) is 1.04. The first-order valence-corrected chi connectivity index (χ1v) is 8.17. The Labute approximate surface area is 159 Å². The van der Waals surface area contributed by atoms with Gasteiger partial charge in [0.2, 0.25) is 0 Å². The monoisotopic (exact) mass is 436 g/mol. The number of carboxylic acids is 1. The maximum absolute atomic E-state index is 12.3. The van der Waals surface area contributed by atoms with Gasteiger partial charge in [0, 0.05) is 5.56 Å². The number of H-pyrrole nitrogens is 2. The second-order valence-corrected chi connectivity index (χ2v) is 5.88. The summed E-state index contributed by atoms with van der Waals surface area (Å²) in [5.41, 5.74) is -1.78. The summed E-state index contributed by atoms with van der Waals surface area (Å²) < 4.78 is -0.0837. The van der Waals surface area contributed by atoms with E-state index in [2.05, 4.69) is 31.5 Å². The van der Waals surface area contributed by atoms with Crippen LogP contribution in [-0.2, 0) is 9.59 Å². The molecule has 10 nitrogen and oxygen atoms in total. The Morgan fingerprint density at radius 1 is 1.11 bits per heavy atom. The first-order valence-electron chi connectivity index (χ1n) is 7.38. The van der Waals surface area contributed by atoms with Crippen molar-refractivity contribution in [2.75, 3.05) is 6.54 Å². The molecular weight excluding hydrogens is 424 g/mol. The molecule has 0 aliphatic rings. The Kier molecular flexibility index (Phi) is 6.44. The number of aromatic amines is 2. The molecule has 0 aliphatic carbocycles. The predicted molar refractivity (Wildman–Crippen MR) is 97.9 cm³/mol. The lowest BCUT2D eigenvalue weighted by Gasteiger charge is -2.10. The molecule has 0 saturated carbocycles. The Morgan fingerprint density at radius 3 is 2.41 bits per heavy atom. The van der Waals surface area contributed by atoms with Gasteiger partial charge in [0.1, 0.15) is 16.7 Å². The highest BCUT2D eigenvalue weighted by Gasteiger charge is 2.17. The van der Waals surface area contributed by atoms with Crippen LogP contribution < -0.4 is 21.9 Å². The number of aromatic nitrogens is 2. The summed E-state index contributed by atoms with van der Waals surface area (Å²) in [6.45, 7) is -0.690. The Morgan fingerprint density at radius 2 is 1.78 bits per heavy atom. The number of aliphatic carboxylic acids is 1. The highest BCUT2D eigenvalue weighted by Crippen LogP contribution is 2.11. The molecule has 11 heteroatoms. The van der Waals surface area contributed by atoms with Gasteiger partial charge in [0.25, 0.3) is 17.4 Å². The van der Waals surface area contributed by atoms with Crippen molar-refractivity contribution in [3.8, 4) is 0 Å². The van der Waals surface area contributed by atoms with Crippen LogP contribution in [0.3, 0.4) is 0 Å². The largest absolute Gasteiger partial charge is 0.480 e. The van der Waals surface area contributed by atoms with Gasteiger partial charge in [-0.05, 0) is 34.1 Å². The minimum atomic E-state index is -1.29. The summed E-state index contributed by atoms with van der Waals surface area (Å²) in [6, 6.07) is 7.95. The SMILES string of the molecule is O=C(O)CNC(=O)C(=Cc1[nH]c(=O)[nH]c(=O)c1Br)NC(=O)c1ccccc1. The van der Waals surface area contributed by atoms with E-state index in [-0.39, 0.29) is 21.4 Å². The Balaban J connectivity index is 2.42. The molecule has 0 saturated heterocycles. The molecule has 0 fully saturated rings. The van der Waals surface area contributed by atoms with E-state index >= 15 is 0 Å². The second-order valence-electron chi connectivity index (χ2n) is 5.09. The van der Waals surface area contributed by atoms with Crippen molar-refractivity contribution in [1.82, 2.24) is 20.6 Å². The van der Waals surface area contributed by atoms with Gasteiger partial charge >= 0.3 is 11.7 Å². The molecule has 1 aromatic carbocycles. The zero-order valence-electron chi connectivity index (χ0n) is 13.5. The average molecular weight is 437 g/mol. The smallest absolute Gasteiger partial charge is 0.326 e. The minimum Gasteiger partial charge on any atom is -0.480 e. The van der Waals surface area contributed by atoms with Gasteiger partial charge in [-0.1, -0.05) is 18.2 Å². The summed E-state index contributed by atoms with van der Waals surface area (Å²) in [7, 11) is 0. The molecule has 0 radical (unpaired) electrons. The van der Waals surface area contributed by atoms with Crippen LogP contribution in [0.2, 0.25) is 0 Å². The molecule has 2 aromatic rings. The second kappa shape index (κ2) is 8.76. The minimum absolute atomic E-state index is 0.0837. The van der Waals surface area contributed by atoms with Crippen molar-refractivity contribution >= 4 is 39.8 Å². The van der Waals surface area contributed by atoms with Crippen LogP contribution in [0.4, 0.5) is 0 Å². The Bertz CT molecular complexity index is 1030. The van der Waals surface area contributed by atoms with Crippen molar-refractivity contribution in [2.24, 2.45) is 0 Å². The molecule has 0 bridgehead atoms. The number of carbonyl (C=O) groups excluding carboxylic acids is 2. The van der Waals surface area contributed by atoms with Gasteiger partial charge in [-0.3, -0.25) is 24.2 Å². The van der Waals surface area contributed by atoms with Crippen LogP contribution in [0.5, 0.6) is 0 Å². The number of amides is 2. The number of halogens is 1. The van der Waals surface area contributed by atoms with Crippen LogP contribution >= 0.6 is 15.9 Å². The maximum Gasteiger partial charge on any atom is 0.326 e. The number of nitrogens with one attached hydrogen (secondary N) is 4. The number of rotatable bonds is 6. The number of hydrogen-bond acceptors (Lipinski definition) is 5. The fraction of sp³-hybridized carbons (Fsp3) is 0.0625. The molecule has 0 atom stereocenters. The molecule has 0 spiro atoms. The van der Waals surface area contributed by atoms with E-state index in [0.717, 1.165) is 6.08 Å². The third kappa shape index (κ3) is 5.51. The van der Waals surface area contributed by atoms with E-state index in [9.17, 15) is 24.0 Å². The van der Waals surface area contributed by atoms with Crippen molar-refractivity contribution < 1.29 is 19.5 Å². The number of benzene rings is 1. The first-order chi connectivity index (χ1) is 12.8. The Hall–Kier alpha value is -3.47. The van der Waals surface area contributed by atoms with E-state index < -0.39 is 35.6 Å². The van der Waals surface area contributed by atoms with Crippen LogP contribution in [0, 0.1) is 0 Å². The number of carboxylic acid groups (broad SMARTS) is 1. The van der Waals surface area contributed by atoms with E-state index in [1.807, 2.05) is 4.98 Å². The zero-order valence-corrected chi connectivity index (χ0v) is 15.1. The fourth-order valence-corrected chi connectivity index (χ4v) is 2.24. The highest BCUT2D eigenvalue weighted by molar-refractivity contribution is 9.10. The lowest BCUT2D eigenvalue weighted by Crippen LogP contribution is -2.37. The highest BCUT2D eigenvalue weighted by atomic mass is 79.9. The average Bonchev–Trinajstić information content (AvgIpc) is 2.63. The maximum atomic E-state index is 12.3. The van der Waals surface area contributed by atoms with Crippen molar-refractivity contribution in [2.45, 2.75) is 0 Å². The van der Waals surface area contributed by atoms with Crippen molar-refractivity contribution in [1.29, 1.82) is 0 Å². The summed E-state index contributed by atoms with van der Waals surface area (Å²) in [5, 5.41) is 13.1. The van der Waals surface area contributed by atoms with Gasteiger partial charge in [-0.25, -0.2) is 4.79 Å². The van der Waals surface area contributed by atoms with Crippen molar-refractivity contribution in [3.05, 3.63) is 72.6 Å². The molecule has 5 N–H and O–H groups in total. The molecule has 1 aromatic heterocycles. The quantitative estimate of drug-likeness (QED) is 0.393. The molecule has 0 aliphatic heterocycles. The third-order valence-corrected chi connectivity index (χ3v) is 3.92. The van der Waals surface area contributed by atoms with Crippen LogP contribution in [-0.4, -0.2) is 39.4 Å². The van der Waals surface area contributed by atoms with E-state index in [4.69, 9.17) is 5.11 Å². The van der Waals surface area contributed by atoms with E-state index in [0.29, 0.717) is 0 Å². The standard InChI is InChI=1S/C16H13BrN4O6/c17-12-9(20-16(27)21-15(12)26)6-10(14(25)18-7-11(22)23)19-13(24)8-4-2-1-3-5-8/h1-6H,7H2,(H,18,25)(H,19,24)(H,22,23)(H2,20,21,26,27). The predicted octanol–water partition coefficient (Wildman–Crippen LogP) is -0.203. The van der Waals surface area contributed by atoms with Crippen molar-refractivity contribution in [3.63, 3.8) is 0 Å². The zero-order chi connectivity index (χ0) is 20.0. The fourth-order valence-electron chi connectivity index (χ4n) is 1.93. The van der Waals surface area contributed by atoms with Crippen LogP contribution in [0.1, 0.15) is 16.1 Å². The topological polar surface area (TPSA) is 161 Å². The van der Waals surface area contributed by atoms with Gasteiger partial charge in [0.15, 0.2) is 0 Å². The summed E-state index contributed by atoms with van der Waals surface area (Å²) in [5.74, 6) is -2.85. The molecule has 140 valence electrons. The summed E-state index contributed by atoms with van der Waals surface area (Å²) >= 11 is 2.97. The van der Waals surface area contributed by atoms with Gasteiger partial charge < -0.3 is 20.7 Å². The van der Waals surface area contributed by atoms with Gasteiger partial charge in [-0.15, -0.1) is 0 Å². The van der Waals surface area contributed by atoms with E-state index in [1.54, 1.807) is 18.2 Å². The van der Waals surface area contributed by atoms with E-state index in [1.165, 1.54) is 12.1 Å². The summed E-state index contributed by atoms with van der Waals surface area (Å²) in [4.78, 5) is 62.6. The molecule has 0 unspecified atom stereocenters. The lowest BCUT2D eigenvalue weighted by molar-refractivity contribution is -0.137. The van der Waals surface area contributed by atoms with Crippen LogP contribution in [0.15, 0.2) is 50.1 Å². The molecule has 1 heterocycles. The molecule has 2 rings (SSSR count). The first kappa shape index (κ1) is 19.8. The third-order valence-electron chi connectivity index (χ3n) is 3.13. The number of carbonyl (C=O) groups is 3. The lowest BCUT2D eigenvalue weighted by atomic mass is 10.2. The van der Waals surface area contributed by atoms with Gasteiger partial charge in [0.05, 0.1) is 5.69 Å². The van der Waals surface area contributed by atoms with Crippen LogP contribution in [0.25, 0.3) is 6.08 Å². The molecule has 2 amide bonds. The molecule has 27 heavy (non-hydrogen) atoms. The normalized spacial score (nSPS) is 10.9. The van der Waals surface area contributed by atoms with Gasteiger partial charge in [-0.2, -0.15) is 0 Å².